The van der Waals surface area contributed by atoms with Gasteiger partial charge in [0, 0.05) is 21.8 Å². The largest absolute Gasteiger partial charge is 0.389 e. The summed E-state index contributed by atoms with van der Waals surface area (Å²) in [7, 11) is 0. The van der Waals surface area contributed by atoms with E-state index in [1.807, 2.05) is 12.1 Å². The Kier molecular flexibility index (Phi) is 4.51. The van der Waals surface area contributed by atoms with Gasteiger partial charge in [0.25, 0.3) is 0 Å². The van der Waals surface area contributed by atoms with Gasteiger partial charge in [-0.15, -0.1) is 0 Å². The summed E-state index contributed by atoms with van der Waals surface area (Å²) in [5, 5.41) is 3.63. The second-order valence-electron chi connectivity index (χ2n) is 6.16. The van der Waals surface area contributed by atoms with Crippen molar-refractivity contribution in [1.82, 2.24) is 0 Å². The smallest absolute Gasteiger partial charge is 0.106 e. The third-order valence-electron chi connectivity index (χ3n) is 3.81. The van der Waals surface area contributed by atoms with E-state index in [-0.39, 0.29) is 0 Å². The Morgan fingerprint density at radius 2 is 2.21 bits per heavy atom. The van der Waals surface area contributed by atoms with Crippen molar-refractivity contribution in [3.63, 3.8) is 0 Å². The van der Waals surface area contributed by atoms with Crippen LogP contribution in [0.1, 0.15) is 45.1 Å². The van der Waals surface area contributed by atoms with Crippen LogP contribution in [0.25, 0.3) is 0 Å². The minimum Gasteiger partial charge on any atom is -0.389 e. The van der Waals surface area contributed by atoms with Gasteiger partial charge in [-0.1, -0.05) is 48.4 Å². The molecule has 0 amide bonds. The van der Waals surface area contributed by atoms with Gasteiger partial charge in [0.2, 0.25) is 0 Å². The minimum absolute atomic E-state index is 0.422. The van der Waals surface area contributed by atoms with Crippen molar-refractivity contribution in [3.8, 4) is 0 Å². The number of thiocarbonyl (C=S) groups is 1. The van der Waals surface area contributed by atoms with E-state index in [1.165, 1.54) is 25.7 Å². The van der Waals surface area contributed by atoms with E-state index in [0.717, 1.165) is 15.7 Å². The van der Waals surface area contributed by atoms with Gasteiger partial charge < -0.3 is 11.1 Å². The predicted octanol–water partition coefficient (Wildman–Crippen LogP) is 4.46. The van der Waals surface area contributed by atoms with Gasteiger partial charge in [0.15, 0.2) is 0 Å². The van der Waals surface area contributed by atoms with Crippen LogP contribution >= 0.6 is 28.1 Å². The molecular formula is C15H21BrN2S. The summed E-state index contributed by atoms with van der Waals surface area (Å²) in [5.74, 6) is 0. The van der Waals surface area contributed by atoms with Crippen molar-refractivity contribution in [2.75, 3.05) is 5.32 Å². The van der Waals surface area contributed by atoms with Crippen molar-refractivity contribution >= 4 is 38.8 Å². The van der Waals surface area contributed by atoms with Gasteiger partial charge in [0.1, 0.15) is 4.99 Å². The zero-order valence-electron chi connectivity index (χ0n) is 11.5. The number of nitrogens with one attached hydrogen (secondary N) is 1. The molecule has 1 fully saturated rings. The van der Waals surface area contributed by atoms with E-state index < -0.39 is 0 Å². The van der Waals surface area contributed by atoms with Crippen LogP contribution in [-0.2, 0) is 0 Å². The molecule has 0 aliphatic heterocycles. The summed E-state index contributed by atoms with van der Waals surface area (Å²) in [6, 6.07) is 6.52. The maximum Gasteiger partial charge on any atom is 0.106 e. The highest BCUT2D eigenvalue weighted by Gasteiger charge is 2.28. The van der Waals surface area contributed by atoms with Crippen LogP contribution in [0.4, 0.5) is 5.69 Å². The molecule has 1 aliphatic rings. The molecule has 0 heterocycles. The topological polar surface area (TPSA) is 38.0 Å². The first-order valence-electron chi connectivity index (χ1n) is 6.73. The molecule has 0 aromatic heterocycles. The van der Waals surface area contributed by atoms with Crippen LogP contribution in [0.15, 0.2) is 22.7 Å². The van der Waals surface area contributed by atoms with Crippen LogP contribution in [0.2, 0.25) is 0 Å². The highest BCUT2D eigenvalue weighted by Crippen LogP contribution is 2.37. The Hall–Kier alpha value is -0.610. The number of anilines is 1. The number of halogens is 1. The van der Waals surface area contributed by atoms with Gasteiger partial charge in [-0.25, -0.2) is 0 Å². The van der Waals surface area contributed by atoms with Crippen molar-refractivity contribution < 1.29 is 0 Å². The molecule has 0 saturated heterocycles. The molecule has 0 spiro atoms. The third kappa shape index (κ3) is 3.93. The normalized spacial score (nSPS) is 21.9. The highest BCUT2D eigenvalue weighted by molar-refractivity contribution is 9.10. The van der Waals surface area contributed by atoms with E-state index in [1.54, 1.807) is 0 Å². The summed E-state index contributed by atoms with van der Waals surface area (Å²) in [6.45, 7) is 4.69. The monoisotopic (exact) mass is 340 g/mol. The van der Waals surface area contributed by atoms with E-state index in [9.17, 15) is 0 Å². The maximum absolute atomic E-state index is 5.80. The van der Waals surface area contributed by atoms with Gasteiger partial charge in [-0.05, 0) is 42.9 Å². The molecule has 0 bridgehead atoms. The van der Waals surface area contributed by atoms with Crippen LogP contribution < -0.4 is 11.1 Å². The lowest BCUT2D eigenvalue weighted by atomic mass is 9.75. The van der Waals surface area contributed by atoms with Crippen molar-refractivity contribution in [1.29, 1.82) is 0 Å². The standard InChI is InChI=1S/C15H21BrN2S/c1-15(2)7-3-4-11(9-15)18-13-8-10(16)5-6-12(13)14(17)19/h5-6,8,11,18H,3-4,7,9H2,1-2H3,(H2,17,19). The second-order valence-corrected chi connectivity index (χ2v) is 7.51. The molecule has 1 unspecified atom stereocenters. The molecule has 1 saturated carbocycles. The van der Waals surface area contributed by atoms with E-state index >= 15 is 0 Å². The third-order valence-corrected chi connectivity index (χ3v) is 4.52. The minimum atomic E-state index is 0.422. The van der Waals surface area contributed by atoms with Gasteiger partial charge in [-0.3, -0.25) is 0 Å². The fourth-order valence-corrected chi connectivity index (χ4v) is 3.43. The van der Waals surface area contributed by atoms with E-state index in [4.69, 9.17) is 18.0 Å². The van der Waals surface area contributed by atoms with Crippen molar-refractivity contribution in [3.05, 3.63) is 28.2 Å². The zero-order chi connectivity index (χ0) is 14.0. The lowest BCUT2D eigenvalue weighted by Gasteiger charge is -2.36. The number of benzene rings is 1. The summed E-state index contributed by atoms with van der Waals surface area (Å²) in [6.07, 6.45) is 5.00. The Balaban J connectivity index is 2.18. The Labute approximate surface area is 129 Å². The number of hydrogen-bond donors (Lipinski definition) is 2. The fraction of sp³-hybridized carbons (Fsp3) is 0.533. The molecule has 104 valence electrons. The Morgan fingerprint density at radius 1 is 1.47 bits per heavy atom. The maximum atomic E-state index is 5.80. The lowest BCUT2D eigenvalue weighted by Crippen LogP contribution is -2.32. The molecule has 0 radical (unpaired) electrons. The summed E-state index contributed by atoms with van der Waals surface area (Å²) in [5.41, 5.74) is 8.20. The second kappa shape index (κ2) is 5.80. The molecule has 1 aromatic rings. The molecule has 1 aromatic carbocycles. The quantitative estimate of drug-likeness (QED) is 0.797. The first kappa shape index (κ1) is 14.8. The van der Waals surface area contributed by atoms with Gasteiger partial charge in [-0.2, -0.15) is 0 Å². The molecule has 2 nitrogen and oxygen atoms in total. The average Bonchev–Trinajstić information content (AvgIpc) is 2.27. The lowest BCUT2D eigenvalue weighted by molar-refractivity contribution is 0.229. The van der Waals surface area contributed by atoms with Crippen LogP contribution in [-0.4, -0.2) is 11.0 Å². The number of nitrogens with two attached hydrogens (primary N) is 1. The van der Waals surface area contributed by atoms with E-state index in [0.29, 0.717) is 16.4 Å². The fourth-order valence-electron chi connectivity index (χ4n) is 2.89. The van der Waals surface area contributed by atoms with Crippen LogP contribution in [0.3, 0.4) is 0 Å². The molecule has 3 N–H and O–H groups in total. The number of rotatable bonds is 3. The Morgan fingerprint density at radius 3 is 2.84 bits per heavy atom. The van der Waals surface area contributed by atoms with Crippen LogP contribution in [0.5, 0.6) is 0 Å². The zero-order valence-corrected chi connectivity index (χ0v) is 13.9. The highest BCUT2D eigenvalue weighted by atomic mass is 79.9. The summed E-state index contributed by atoms with van der Waals surface area (Å²) >= 11 is 8.64. The number of hydrogen-bond acceptors (Lipinski definition) is 2. The summed E-state index contributed by atoms with van der Waals surface area (Å²) in [4.78, 5) is 0.449. The molecule has 1 aliphatic carbocycles. The molecule has 4 heteroatoms. The molecular weight excluding hydrogens is 320 g/mol. The van der Waals surface area contributed by atoms with Gasteiger partial charge in [0.05, 0.1) is 0 Å². The molecule has 19 heavy (non-hydrogen) atoms. The Bertz CT molecular complexity index is 485. The van der Waals surface area contributed by atoms with Crippen LogP contribution in [0, 0.1) is 5.41 Å². The van der Waals surface area contributed by atoms with E-state index in [2.05, 4.69) is 41.2 Å². The molecule has 1 atom stereocenters. The SMILES string of the molecule is CC1(C)CCCC(Nc2cc(Br)ccc2C(N)=S)C1. The first-order chi connectivity index (χ1) is 8.87. The van der Waals surface area contributed by atoms with Gasteiger partial charge >= 0.3 is 0 Å². The van der Waals surface area contributed by atoms with Crippen molar-refractivity contribution in [2.45, 2.75) is 45.6 Å². The predicted molar refractivity (Wildman–Crippen MR) is 89.7 cm³/mol. The first-order valence-corrected chi connectivity index (χ1v) is 7.93. The van der Waals surface area contributed by atoms with Crippen molar-refractivity contribution in [2.24, 2.45) is 11.1 Å². The summed E-state index contributed by atoms with van der Waals surface area (Å²) < 4.78 is 1.05. The average molecular weight is 341 g/mol. The molecule has 2 rings (SSSR count).